The summed E-state index contributed by atoms with van der Waals surface area (Å²) in [7, 11) is 3.17. The van der Waals surface area contributed by atoms with Crippen LogP contribution in [-0.2, 0) is 14.4 Å². The normalized spacial score (nSPS) is 14.7. The zero-order chi connectivity index (χ0) is 17.7. The first-order valence-corrected chi connectivity index (χ1v) is 9.24. The Morgan fingerprint density at radius 1 is 1.13 bits per heavy atom. The van der Waals surface area contributed by atoms with E-state index in [4.69, 9.17) is 9.57 Å². The minimum absolute atomic E-state index is 0.0467. The van der Waals surface area contributed by atoms with Crippen LogP contribution in [-0.4, -0.2) is 37.3 Å². The molecule has 1 unspecified atom stereocenters. The molecule has 1 rings (SSSR count). The van der Waals surface area contributed by atoms with E-state index in [2.05, 4.69) is 27.7 Å². The molecule has 0 aromatic rings. The van der Waals surface area contributed by atoms with Crippen LogP contribution in [0.25, 0.3) is 0 Å². The Labute approximate surface area is 143 Å². The van der Waals surface area contributed by atoms with Crippen molar-refractivity contribution < 1.29 is 14.4 Å². The van der Waals surface area contributed by atoms with Gasteiger partial charge in [-0.2, -0.15) is 0 Å². The van der Waals surface area contributed by atoms with Crippen molar-refractivity contribution in [1.82, 2.24) is 5.06 Å². The first-order valence-electron chi connectivity index (χ1n) is 9.24. The predicted octanol–water partition coefficient (Wildman–Crippen LogP) is 4.97. The molecule has 0 spiro atoms. The Morgan fingerprint density at radius 2 is 1.74 bits per heavy atom. The third kappa shape index (κ3) is 16.0. The fourth-order valence-electron chi connectivity index (χ4n) is 2.06. The van der Waals surface area contributed by atoms with Gasteiger partial charge in [0, 0.05) is 13.5 Å². The van der Waals surface area contributed by atoms with Gasteiger partial charge in [0.2, 0.25) is 5.91 Å². The highest BCUT2D eigenvalue weighted by Crippen LogP contribution is 2.19. The number of nitrogens with zero attached hydrogens (tertiary/aromatic N) is 1. The minimum atomic E-state index is -0.0663. The molecular formula is C19H39NO3. The molecule has 0 heterocycles. The van der Waals surface area contributed by atoms with Crippen molar-refractivity contribution in [3.05, 3.63) is 0 Å². The Morgan fingerprint density at radius 3 is 2.17 bits per heavy atom. The second-order valence-electron chi connectivity index (χ2n) is 7.46. The summed E-state index contributed by atoms with van der Waals surface area (Å²) in [6.07, 6.45) is 10.6. The molecule has 0 aromatic carbocycles. The molecule has 0 bridgehead atoms. The van der Waals surface area contributed by atoms with Crippen LogP contribution in [0.1, 0.15) is 85.5 Å². The van der Waals surface area contributed by atoms with E-state index < -0.39 is 0 Å². The molecule has 23 heavy (non-hydrogen) atoms. The lowest BCUT2D eigenvalue weighted by molar-refractivity contribution is -0.168. The molecule has 4 nitrogen and oxygen atoms in total. The molecule has 1 aliphatic rings. The summed E-state index contributed by atoms with van der Waals surface area (Å²) in [5.74, 6) is 0.653. The number of amides is 1. The standard InChI is InChI=1S/C16H33NO3.C3H6/c1-7-10-14(13-20-16(2,3)4)11-8-9-12-15(18)17(5)19-6;1-2-3-1/h14H,7-13H2,1-6H3;1-3H2. The lowest BCUT2D eigenvalue weighted by Crippen LogP contribution is -2.25. The van der Waals surface area contributed by atoms with Gasteiger partial charge in [-0.05, 0) is 46.0 Å². The molecule has 1 saturated carbocycles. The Hall–Kier alpha value is -0.610. The number of hydrogen-bond donors (Lipinski definition) is 0. The van der Waals surface area contributed by atoms with Gasteiger partial charge in [0.1, 0.15) is 0 Å². The van der Waals surface area contributed by atoms with E-state index in [1.165, 1.54) is 44.3 Å². The number of unbranched alkanes of at least 4 members (excludes halogenated alkanes) is 1. The molecule has 0 saturated heterocycles. The molecule has 0 N–H and O–H groups in total. The monoisotopic (exact) mass is 329 g/mol. The third-order valence-electron chi connectivity index (χ3n) is 3.68. The topological polar surface area (TPSA) is 38.8 Å². The number of rotatable bonds is 10. The summed E-state index contributed by atoms with van der Waals surface area (Å²) in [6, 6.07) is 0. The fraction of sp³-hybridized carbons (Fsp3) is 0.947. The fourth-order valence-corrected chi connectivity index (χ4v) is 2.06. The lowest BCUT2D eigenvalue weighted by Gasteiger charge is -2.24. The third-order valence-corrected chi connectivity index (χ3v) is 3.68. The van der Waals surface area contributed by atoms with Crippen LogP contribution in [0.5, 0.6) is 0 Å². The van der Waals surface area contributed by atoms with Crippen LogP contribution in [0.2, 0.25) is 0 Å². The van der Waals surface area contributed by atoms with Gasteiger partial charge in [-0.15, -0.1) is 0 Å². The average molecular weight is 330 g/mol. The van der Waals surface area contributed by atoms with Crippen molar-refractivity contribution in [3.8, 4) is 0 Å². The summed E-state index contributed by atoms with van der Waals surface area (Å²) >= 11 is 0. The van der Waals surface area contributed by atoms with Gasteiger partial charge < -0.3 is 4.74 Å². The molecule has 4 heteroatoms. The molecule has 138 valence electrons. The van der Waals surface area contributed by atoms with Gasteiger partial charge in [-0.3, -0.25) is 9.63 Å². The van der Waals surface area contributed by atoms with Gasteiger partial charge in [-0.25, -0.2) is 5.06 Å². The maximum Gasteiger partial charge on any atom is 0.245 e. The first-order chi connectivity index (χ1) is 10.8. The lowest BCUT2D eigenvalue weighted by atomic mass is 9.97. The zero-order valence-corrected chi connectivity index (χ0v) is 16.3. The first kappa shape index (κ1) is 22.4. The molecule has 1 atom stereocenters. The summed E-state index contributed by atoms with van der Waals surface area (Å²) in [4.78, 5) is 16.4. The van der Waals surface area contributed by atoms with Crippen LogP contribution in [0.15, 0.2) is 0 Å². The van der Waals surface area contributed by atoms with Crippen LogP contribution < -0.4 is 0 Å². The zero-order valence-electron chi connectivity index (χ0n) is 16.3. The molecule has 0 radical (unpaired) electrons. The SMILES string of the molecule is C1CC1.CCCC(CCCCC(=O)N(C)OC)COC(C)(C)C. The number of ether oxygens (including phenoxy) is 1. The van der Waals surface area contributed by atoms with Crippen LogP contribution >= 0.6 is 0 Å². The summed E-state index contributed by atoms with van der Waals surface area (Å²) in [5.41, 5.74) is -0.0663. The van der Waals surface area contributed by atoms with Crippen LogP contribution in [0.3, 0.4) is 0 Å². The molecule has 1 fully saturated rings. The number of carbonyl (C=O) groups excluding carboxylic acids is 1. The molecule has 1 amide bonds. The minimum Gasteiger partial charge on any atom is -0.376 e. The van der Waals surface area contributed by atoms with E-state index in [9.17, 15) is 4.79 Å². The van der Waals surface area contributed by atoms with E-state index in [-0.39, 0.29) is 11.5 Å². The van der Waals surface area contributed by atoms with Gasteiger partial charge in [0.05, 0.1) is 19.3 Å². The van der Waals surface area contributed by atoms with Crippen molar-refractivity contribution in [1.29, 1.82) is 0 Å². The summed E-state index contributed by atoms with van der Waals surface area (Å²) in [5, 5.41) is 1.30. The number of hydroxylamine groups is 2. The Kier molecular flexibility index (Phi) is 12.4. The number of hydrogen-bond acceptors (Lipinski definition) is 3. The van der Waals surface area contributed by atoms with Crippen molar-refractivity contribution in [3.63, 3.8) is 0 Å². The summed E-state index contributed by atoms with van der Waals surface area (Å²) in [6.45, 7) is 9.31. The second kappa shape index (κ2) is 12.8. The van der Waals surface area contributed by atoms with Crippen LogP contribution in [0.4, 0.5) is 0 Å². The summed E-state index contributed by atoms with van der Waals surface area (Å²) < 4.78 is 5.88. The highest BCUT2D eigenvalue weighted by Gasteiger charge is 2.15. The van der Waals surface area contributed by atoms with Crippen molar-refractivity contribution in [2.75, 3.05) is 20.8 Å². The smallest absolute Gasteiger partial charge is 0.245 e. The van der Waals surface area contributed by atoms with Crippen LogP contribution in [0, 0.1) is 5.92 Å². The van der Waals surface area contributed by atoms with E-state index >= 15 is 0 Å². The Bertz CT molecular complexity index is 295. The quantitative estimate of drug-likeness (QED) is 0.419. The average Bonchev–Trinajstić information content (AvgIpc) is 3.35. The van der Waals surface area contributed by atoms with E-state index in [1.807, 2.05) is 0 Å². The highest BCUT2D eigenvalue weighted by molar-refractivity contribution is 5.74. The van der Waals surface area contributed by atoms with E-state index in [0.29, 0.717) is 12.3 Å². The molecular weight excluding hydrogens is 290 g/mol. The Balaban J connectivity index is 0.00000143. The van der Waals surface area contributed by atoms with Gasteiger partial charge in [-0.1, -0.05) is 39.0 Å². The maximum atomic E-state index is 11.6. The predicted molar refractivity (Wildman–Crippen MR) is 96.2 cm³/mol. The van der Waals surface area contributed by atoms with Crippen molar-refractivity contribution >= 4 is 5.91 Å². The van der Waals surface area contributed by atoms with Crippen molar-refractivity contribution in [2.45, 2.75) is 91.1 Å². The molecule has 0 aromatic heterocycles. The highest BCUT2D eigenvalue weighted by atomic mass is 16.7. The maximum absolute atomic E-state index is 11.6. The van der Waals surface area contributed by atoms with Gasteiger partial charge >= 0.3 is 0 Å². The van der Waals surface area contributed by atoms with Crippen molar-refractivity contribution in [2.24, 2.45) is 5.92 Å². The van der Waals surface area contributed by atoms with E-state index in [0.717, 1.165) is 25.9 Å². The number of carbonyl (C=O) groups is 1. The second-order valence-corrected chi connectivity index (χ2v) is 7.46. The van der Waals surface area contributed by atoms with E-state index in [1.54, 1.807) is 7.05 Å². The molecule has 1 aliphatic carbocycles. The van der Waals surface area contributed by atoms with Gasteiger partial charge in [0.15, 0.2) is 0 Å². The largest absolute Gasteiger partial charge is 0.376 e. The van der Waals surface area contributed by atoms with Gasteiger partial charge in [0.25, 0.3) is 0 Å². The molecule has 0 aliphatic heterocycles.